The van der Waals surface area contributed by atoms with Crippen LogP contribution in [0.2, 0.25) is 0 Å². The summed E-state index contributed by atoms with van der Waals surface area (Å²) in [6, 6.07) is -0.753. The van der Waals surface area contributed by atoms with E-state index in [0.29, 0.717) is 23.9 Å². The van der Waals surface area contributed by atoms with Gasteiger partial charge in [0.2, 0.25) is 5.91 Å². The molecule has 0 saturated heterocycles. The van der Waals surface area contributed by atoms with E-state index in [2.05, 4.69) is 19.2 Å². The van der Waals surface area contributed by atoms with Gasteiger partial charge in [-0.05, 0) is 12.8 Å². The number of amides is 1. The van der Waals surface area contributed by atoms with Gasteiger partial charge in [0.15, 0.2) is 0 Å². The standard InChI is InChI=1S/C50H103N2O6P/c1-6-8-10-12-14-16-18-20-21-22-23-24-25-26-27-28-29-30-31-32-34-36-38-40-42-44-50(54)51-48(47-58-59(55,56)57-46-45-52(3,4)5)49(53)43-41-39-37-35-33-19-17-15-13-11-9-7-2/h48-49,53H,6-47H2,1-5H3,(H-,51,54,55,56)/p+1. The highest BCUT2D eigenvalue weighted by Gasteiger charge is 2.28. The summed E-state index contributed by atoms with van der Waals surface area (Å²) in [5.74, 6) is -0.139. The molecule has 0 spiro atoms. The van der Waals surface area contributed by atoms with Crippen molar-refractivity contribution in [2.75, 3.05) is 40.9 Å². The van der Waals surface area contributed by atoms with Crippen LogP contribution < -0.4 is 5.32 Å². The molecule has 0 saturated carbocycles. The van der Waals surface area contributed by atoms with Gasteiger partial charge in [-0.3, -0.25) is 13.8 Å². The molecule has 0 aromatic rings. The number of quaternary nitrogens is 1. The lowest BCUT2D eigenvalue weighted by atomic mass is 10.0. The Bertz CT molecular complexity index is 932. The van der Waals surface area contributed by atoms with Crippen LogP contribution in [0.4, 0.5) is 0 Å². The second kappa shape index (κ2) is 42.8. The van der Waals surface area contributed by atoms with Crippen LogP contribution >= 0.6 is 7.82 Å². The number of hydrogen-bond acceptors (Lipinski definition) is 5. The number of nitrogens with one attached hydrogen (secondary N) is 1. The Hall–Kier alpha value is -0.500. The molecule has 0 rings (SSSR count). The monoisotopic (exact) mass is 860 g/mol. The van der Waals surface area contributed by atoms with E-state index in [1.165, 1.54) is 199 Å². The van der Waals surface area contributed by atoms with E-state index in [-0.39, 0.29) is 19.1 Å². The van der Waals surface area contributed by atoms with Crippen LogP contribution in [0.1, 0.15) is 264 Å². The molecule has 0 heterocycles. The molecule has 0 aromatic carbocycles. The summed E-state index contributed by atoms with van der Waals surface area (Å²) < 4.78 is 23.7. The molecule has 0 aliphatic rings. The predicted molar refractivity (Wildman–Crippen MR) is 254 cm³/mol. The normalized spacial score (nSPS) is 14.1. The third-order valence-electron chi connectivity index (χ3n) is 12.1. The minimum absolute atomic E-state index is 0.0787. The number of unbranched alkanes of at least 4 members (excludes halogenated alkanes) is 35. The zero-order chi connectivity index (χ0) is 43.6. The molecule has 3 atom stereocenters. The molecule has 9 heteroatoms. The van der Waals surface area contributed by atoms with E-state index in [0.717, 1.165) is 38.5 Å². The number of aliphatic hydroxyl groups is 1. The maximum absolute atomic E-state index is 12.9. The highest BCUT2D eigenvalue weighted by Crippen LogP contribution is 2.43. The predicted octanol–water partition coefficient (Wildman–Crippen LogP) is 14.9. The van der Waals surface area contributed by atoms with Gasteiger partial charge in [0, 0.05) is 6.42 Å². The van der Waals surface area contributed by atoms with Crippen molar-refractivity contribution < 1.29 is 32.9 Å². The third kappa shape index (κ3) is 45.3. The summed E-state index contributed by atoms with van der Waals surface area (Å²) >= 11 is 0. The van der Waals surface area contributed by atoms with E-state index in [4.69, 9.17) is 9.05 Å². The lowest BCUT2D eigenvalue weighted by Gasteiger charge is -2.26. The van der Waals surface area contributed by atoms with E-state index in [1.807, 2.05) is 21.1 Å². The fourth-order valence-corrected chi connectivity index (χ4v) is 8.73. The Morgan fingerprint density at radius 2 is 0.814 bits per heavy atom. The summed E-state index contributed by atoms with van der Waals surface area (Å²) in [7, 11) is 1.63. The molecule has 8 nitrogen and oxygen atoms in total. The Kier molecular flexibility index (Phi) is 42.4. The zero-order valence-electron chi connectivity index (χ0n) is 40.3. The maximum Gasteiger partial charge on any atom is 0.472 e. The number of rotatable bonds is 48. The first-order chi connectivity index (χ1) is 28.5. The molecule has 0 aliphatic carbocycles. The van der Waals surface area contributed by atoms with E-state index < -0.39 is 20.0 Å². The van der Waals surface area contributed by atoms with Crippen LogP contribution in [-0.2, 0) is 18.4 Å². The summed E-state index contributed by atoms with van der Waals surface area (Å²) in [6.45, 7) is 4.92. The summed E-state index contributed by atoms with van der Waals surface area (Å²) in [6.07, 6.45) is 48.6. The maximum atomic E-state index is 12.9. The fraction of sp³-hybridized carbons (Fsp3) is 0.980. The zero-order valence-corrected chi connectivity index (χ0v) is 41.2. The molecular formula is C50H104N2O6P+. The Labute approximate surface area is 368 Å². The molecule has 0 bridgehead atoms. The van der Waals surface area contributed by atoms with Crippen LogP contribution in [-0.4, -0.2) is 73.4 Å². The Morgan fingerprint density at radius 1 is 0.508 bits per heavy atom. The Morgan fingerprint density at radius 3 is 1.14 bits per heavy atom. The molecule has 3 N–H and O–H groups in total. The van der Waals surface area contributed by atoms with Gasteiger partial charge < -0.3 is 19.8 Å². The number of likely N-dealkylation sites (N-methyl/N-ethyl adjacent to an activating group) is 1. The second-order valence-corrected chi connectivity index (χ2v) is 20.7. The van der Waals surface area contributed by atoms with Crippen molar-refractivity contribution in [3.8, 4) is 0 Å². The van der Waals surface area contributed by atoms with Gasteiger partial charge in [-0.1, -0.05) is 245 Å². The van der Waals surface area contributed by atoms with Crippen molar-refractivity contribution in [3.63, 3.8) is 0 Å². The number of phosphoric ester groups is 1. The van der Waals surface area contributed by atoms with Crippen LogP contribution in [0.3, 0.4) is 0 Å². The minimum Gasteiger partial charge on any atom is -0.391 e. The molecule has 3 unspecified atom stereocenters. The smallest absolute Gasteiger partial charge is 0.391 e. The molecule has 0 aliphatic heterocycles. The van der Waals surface area contributed by atoms with Crippen molar-refractivity contribution >= 4 is 13.7 Å². The van der Waals surface area contributed by atoms with Crippen LogP contribution in [0, 0.1) is 0 Å². The summed E-state index contributed by atoms with van der Waals surface area (Å²) in [5.41, 5.74) is 0. The van der Waals surface area contributed by atoms with Gasteiger partial charge in [0.25, 0.3) is 0 Å². The molecule has 354 valence electrons. The van der Waals surface area contributed by atoms with Crippen molar-refractivity contribution in [2.45, 2.75) is 276 Å². The second-order valence-electron chi connectivity index (χ2n) is 19.3. The van der Waals surface area contributed by atoms with Gasteiger partial charge in [-0.15, -0.1) is 0 Å². The average molecular weight is 860 g/mol. The van der Waals surface area contributed by atoms with E-state index in [9.17, 15) is 19.4 Å². The number of hydrogen-bond donors (Lipinski definition) is 3. The van der Waals surface area contributed by atoms with E-state index >= 15 is 0 Å². The van der Waals surface area contributed by atoms with Crippen LogP contribution in [0.5, 0.6) is 0 Å². The number of nitrogens with zero attached hydrogens (tertiary/aromatic N) is 1. The van der Waals surface area contributed by atoms with Crippen molar-refractivity contribution in [1.29, 1.82) is 0 Å². The summed E-state index contributed by atoms with van der Waals surface area (Å²) in [4.78, 5) is 23.2. The quantitative estimate of drug-likeness (QED) is 0.0320. The van der Waals surface area contributed by atoms with Crippen LogP contribution in [0.25, 0.3) is 0 Å². The average Bonchev–Trinajstić information content (AvgIpc) is 3.19. The van der Waals surface area contributed by atoms with Gasteiger partial charge in [0.05, 0.1) is 39.9 Å². The lowest BCUT2D eigenvalue weighted by Crippen LogP contribution is -2.46. The molecule has 59 heavy (non-hydrogen) atoms. The molecule has 1 amide bonds. The summed E-state index contributed by atoms with van der Waals surface area (Å²) in [5, 5.41) is 14.0. The van der Waals surface area contributed by atoms with Gasteiger partial charge >= 0.3 is 7.82 Å². The lowest BCUT2D eigenvalue weighted by molar-refractivity contribution is -0.870. The van der Waals surface area contributed by atoms with Crippen molar-refractivity contribution in [1.82, 2.24) is 5.32 Å². The minimum atomic E-state index is -4.31. The number of carbonyl (C=O) groups is 1. The first-order valence-corrected chi connectivity index (χ1v) is 27.4. The first kappa shape index (κ1) is 58.5. The van der Waals surface area contributed by atoms with Gasteiger partial charge in [-0.2, -0.15) is 0 Å². The third-order valence-corrected chi connectivity index (χ3v) is 13.1. The highest BCUT2D eigenvalue weighted by molar-refractivity contribution is 7.47. The molecule has 0 aromatic heterocycles. The molecular weight excluding hydrogens is 756 g/mol. The van der Waals surface area contributed by atoms with Crippen LogP contribution in [0.15, 0.2) is 0 Å². The topological polar surface area (TPSA) is 105 Å². The molecule has 0 radical (unpaired) electrons. The first-order valence-electron chi connectivity index (χ1n) is 25.9. The SMILES string of the molecule is CCCCCCCCCCCCCCCCCCCCCCCCCCCC(=O)NC(COP(=O)(O)OCC[N+](C)(C)C)C(O)CCCCCCCCCCCCCC. The van der Waals surface area contributed by atoms with Gasteiger partial charge in [0.1, 0.15) is 13.2 Å². The molecule has 0 fully saturated rings. The Balaban J connectivity index is 4.08. The highest BCUT2D eigenvalue weighted by atomic mass is 31.2. The number of phosphoric acid groups is 1. The fourth-order valence-electron chi connectivity index (χ4n) is 7.99. The van der Waals surface area contributed by atoms with E-state index in [1.54, 1.807) is 0 Å². The number of aliphatic hydroxyl groups excluding tert-OH is 1. The number of carbonyl (C=O) groups excluding carboxylic acids is 1. The van der Waals surface area contributed by atoms with Crippen molar-refractivity contribution in [3.05, 3.63) is 0 Å². The van der Waals surface area contributed by atoms with Crippen molar-refractivity contribution in [2.24, 2.45) is 0 Å². The largest absolute Gasteiger partial charge is 0.472 e. The van der Waals surface area contributed by atoms with Gasteiger partial charge in [-0.25, -0.2) is 4.57 Å².